The number of urea groups is 1. The van der Waals surface area contributed by atoms with Crippen LogP contribution < -0.4 is 10.1 Å². The normalized spacial score (nSPS) is 10.0. The van der Waals surface area contributed by atoms with Gasteiger partial charge in [-0.25, -0.2) is 4.79 Å². The van der Waals surface area contributed by atoms with E-state index in [1.165, 1.54) is 0 Å². The zero-order valence-electron chi connectivity index (χ0n) is 10.9. The van der Waals surface area contributed by atoms with Crippen molar-refractivity contribution in [1.29, 1.82) is 0 Å². The van der Waals surface area contributed by atoms with Gasteiger partial charge in [0.25, 0.3) is 0 Å². The van der Waals surface area contributed by atoms with Gasteiger partial charge in [-0.3, -0.25) is 5.10 Å². The van der Waals surface area contributed by atoms with Crippen LogP contribution in [0.1, 0.15) is 5.56 Å². The highest BCUT2D eigenvalue weighted by Crippen LogP contribution is 2.17. The van der Waals surface area contributed by atoms with Crippen LogP contribution >= 0.6 is 0 Å². The van der Waals surface area contributed by atoms with Crippen molar-refractivity contribution in [1.82, 2.24) is 15.1 Å². The molecule has 6 nitrogen and oxygen atoms in total. The number of carbonyl (C=O) groups excluding carboxylic acids is 1. The largest absolute Gasteiger partial charge is 0.497 e. The van der Waals surface area contributed by atoms with Crippen LogP contribution in [0.2, 0.25) is 0 Å². The fraction of sp³-hybridized carbons (Fsp3) is 0.231. The minimum Gasteiger partial charge on any atom is -0.497 e. The fourth-order valence-corrected chi connectivity index (χ4v) is 1.63. The third-order valence-corrected chi connectivity index (χ3v) is 2.64. The van der Waals surface area contributed by atoms with Gasteiger partial charge in [0.15, 0.2) is 0 Å². The van der Waals surface area contributed by atoms with E-state index in [4.69, 9.17) is 4.74 Å². The summed E-state index contributed by atoms with van der Waals surface area (Å²) in [6.45, 7) is 0.492. The lowest BCUT2D eigenvalue weighted by molar-refractivity contribution is 0.220. The summed E-state index contributed by atoms with van der Waals surface area (Å²) < 4.78 is 5.10. The number of H-pyrrole nitrogens is 1. The first-order chi connectivity index (χ1) is 9.19. The molecule has 0 unspecified atom stereocenters. The number of ether oxygens (including phenoxy) is 1. The summed E-state index contributed by atoms with van der Waals surface area (Å²) in [6.07, 6.45) is 3.45. The summed E-state index contributed by atoms with van der Waals surface area (Å²) in [5.74, 6) is 0.704. The summed E-state index contributed by atoms with van der Waals surface area (Å²) in [6, 6.07) is 7.04. The summed E-state index contributed by atoms with van der Waals surface area (Å²) in [5, 5.41) is 9.36. The van der Waals surface area contributed by atoms with E-state index in [0.29, 0.717) is 18.0 Å². The smallest absolute Gasteiger partial charge is 0.321 e. The first-order valence-corrected chi connectivity index (χ1v) is 5.83. The van der Waals surface area contributed by atoms with Gasteiger partial charge in [0.2, 0.25) is 0 Å². The van der Waals surface area contributed by atoms with Gasteiger partial charge in [0.05, 0.1) is 19.9 Å². The molecule has 0 atom stereocenters. The Bertz CT molecular complexity index is 539. The fourth-order valence-electron chi connectivity index (χ4n) is 1.63. The number of aromatic nitrogens is 2. The Labute approximate surface area is 111 Å². The molecule has 1 heterocycles. The molecule has 0 saturated carbocycles. The standard InChI is InChI=1S/C13H16N4O2/c1-17(9-10-7-14-15-8-10)13(18)16-11-4-3-5-12(6-11)19-2/h3-8H,9H2,1-2H3,(H,14,15)(H,16,18). The lowest BCUT2D eigenvalue weighted by Gasteiger charge is -2.17. The molecule has 2 aromatic rings. The molecule has 0 spiro atoms. The molecule has 19 heavy (non-hydrogen) atoms. The van der Waals surface area contributed by atoms with Crippen LogP contribution in [0.5, 0.6) is 5.75 Å². The Kier molecular flexibility index (Phi) is 4.02. The van der Waals surface area contributed by atoms with Gasteiger partial charge < -0.3 is 15.0 Å². The molecule has 0 aliphatic heterocycles. The van der Waals surface area contributed by atoms with Crippen molar-refractivity contribution in [3.63, 3.8) is 0 Å². The summed E-state index contributed by atoms with van der Waals surface area (Å²) >= 11 is 0. The van der Waals surface area contributed by atoms with Crippen LogP contribution in [0.4, 0.5) is 10.5 Å². The van der Waals surface area contributed by atoms with Crippen molar-refractivity contribution in [3.05, 3.63) is 42.2 Å². The molecule has 0 bridgehead atoms. The Balaban J connectivity index is 1.96. The van der Waals surface area contributed by atoms with E-state index in [1.807, 2.05) is 18.2 Å². The molecule has 2 N–H and O–H groups in total. The molecule has 2 amide bonds. The average molecular weight is 260 g/mol. The molecule has 0 aliphatic carbocycles. The number of anilines is 1. The Morgan fingerprint density at radius 1 is 1.53 bits per heavy atom. The van der Waals surface area contributed by atoms with Gasteiger partial charge in [0.1, 0.15) is 5.75 Å². The van der Waals surface area contributed by atoms with Gasteiger partial charge in [-0.15, -0.1) is 0 Å². The molecule has 1 aromatic carbocycles. The van der Waals surface area contributed by atoms with Crippen LogP contribution in [0.25, 0.3) is 0 Å². The van der Waals surface area contributed by atoms with E-state index in [1.54, 1.807) is 37.5 Å². The van der Waals surface area contributed by atoms with Gasteiger partial charge in [-0.05, 0) is 12.1 Å². The van der Waals surface area contributed by atoms with Crippen molar-refractivity contribution >= 4 is 11.7 Å². The molecule has 0 radical (unpaired) electrons. The highest BCUT2D eigenvalue weighted by Gasteiger charge is 2.10. The monoisotopic (exact) mass is 260 g/mol. The number of hydrogen-bond acceptors (Lipinski definition) is 3. The Hall–Kier alpha value is -2.50. The van der Waals surface area contributed by atoms with E-state index >= 15 is 0 Å². The number of nitrogens with zero attached hydrogens (tertiary/aromatic N) is 2. The maximum Gasteiger partial charge on any atom is 0.321 e. The number of rotatable bonds is 4. The lowest BCUT2D eigenvalue weighted by Crippen LogP contribution is -2.30. The number of benzene rings is 1. The third-order valence-electron chi connectivity index (χ3n) is 2.64. The van der Waals surface area contributed by atoms with E-state index in [2.05, 4.69) is 15.5 Å². The molecule has 100 valence electrons. The number of methoxy groups -OCH3 is 1. The quantitative estimate of drug-likeness (QED) is 0.884. The topological polar surface area (TPSA) is 70.2 Å². The zero-order chi connectivity index (χ0) is 13.7. The summed E-state index contributed by atoms with van der Waals surface area (Å²) in [5.41, 5.74) is 1.65. The van der Waals surface area contributed by atoms with Gasteiger partial charge in [-0.1, -0.05) is 6.07 Å². The van der Waals surface area contributed by atoms with E-state index in [9.17, 15) is 4.79 Å². The van der Waals surface area contributed by atoms with E-state index < -0.39 is 0 Å². The first-order valence-electron chi connectivity index (χ1n) is 5.83. The third kappa shape index (κ3) is 3.48. The summed E-state index contributed by atoms with van der Waals surface area (Å²) in [4.78, 5) is 13.6. The van der Waals surface area contributed by atoms with Gasteiger partial charge >= 0.3 is 6.03 Å². The number of carbonyl (C=O) groups is 1. The number of hydrogen-bond donors (Lipinski definition) is 2. The SMILES string of the molecule is COc1cccc(NC(=O)N(C)Cc2cn[nH]c2)c1. The van der Waals surface area contributed by atoms with Crippen molar-refractivity contribution in [2.24, 2.45) is 0 Å². The second-order valence-corrected chi connectivity index (χ2v) is 4.12. The number of nitrogens with one attached hydrogen (secondary N) is 2. The molecule has 0 aliphatic rings. The molecule has 6 heteroatoms. The lowest BCUT2D eigenvalue weighted by atomic mass is 10.3. The van der Waals surface area contributed by atoms with Crippen LogP contribution in [-0.2, 0) is 6.54 Å². The highest BCUT2D eigenvalue weighted by atomic mass is 16.5. The van der Waals surface area contributed by atoms with Crippen molar-refractivity contribution in [2.75, 3.05) is 19.5 Å². The number of amides is 2. The van der Waals surface area contributed by atoms with Crippen molar-refractivity contribution in [2.45, 2.75) is 6.54 Å². The second-order valence-electron chi connectivity index (χ2n) is 4.12. The molecule has 2 rings (SSSR count). The van der Waals surface area contributed by atoms with Crippen LogP contribution in [0.3, 0.4) is 0 Å². The first kappa shape index (κ1) is 12.9. The molecule has 1 aromatic heterocycles. The minimum absolute atomic E-state index is 0.186. The summed E-state index contributed by atoms with van der Waals surface area (Å²) in [7, 11) is 3.31. The average Bonchev–Trinajstić information content (AvgIpc) is 2.91. The van der Waals surface area contributed by atoms with Gasteiger partial charge in [0, 0.05) is 30.6 Å². The van der Waals surface area contributed by atoms with Gasteiger partial charge in [-0.2, -0.15) is 5.10 Å². The van der Waals surface area contributed by atoms with Crippen molar-refractivity contribution < 1.29 is 9.53 Å². The Morgan fingerprint density at radius 3 is 3.05 bits per heavy atom. The van der Waals surface area contributed by atoms with Crippen LogP contribution in [-0.4, -0.2) is 35.3 Å². The maximum atomic E-state index is 12.0. The van der Waals surface area contributed by atoms with Crippen LogP contribution in [0.15, 0.2) is 36.7 Å². The minimum atomic E-state index is -0.186. The Morgan fingerprint density at radius 2 is 2.37 bits per heavy atom. The van der Waals surface area contributed by atoms with Crippen LogP contribution in [0, 0.1) is 0 Å². The molecule has 0 saturated heterocycles. The predicted octanol–water partition coefficient (Wildman–Crippen LogP) is 2.08. The molecular formula is C13H16N4O2. The van der Waals surface area contributed by atoms with Crippen molar-refractivity contribution in [3.8, 4) is 5.75 Å². The maximum absolute atomic E-state index is 12.0. The predicted molar refractivity (Wildman–Crippen MR) is 72.1 cm³/mol. The highest BCUT2D eigenvalue weighted by molar-refractivity contribution is 5.89. The molecular weight excluding hydrogens is 244 g/mol. The second kappa shape index (κ2) is 5.90. The van der Waals surface area contributed by atoms with E-state index in [-0.39, 0.29) is 6.03 Å². The zero-order valence-corrected chi connectivity index (χ0v) is 10.9. The number of aromatic amines is 1. The molecule has 0 fully saturated rings. The van der Waals surface area contributed by atoms with E-state index in [0.717, 1.165) is 5.56 Å².